The second kappa shape index (κ2) is 6.21. The van der Waals surface area contributed by atoms with Gasteiger partial charge < -0.3 is 15.2 Å². The molecule has 0 radical (unpaired) electrons. The molecule has 1 aliphatic heterocycles. The summed E-state index contributed by atoms with van der Waals surface area (Å²) in [4.78, 5) is 10.4. The zero-order valence-corrected chi connectivity index (χ0v) is 10.3. The SMILES string of the molecule is CC(CCC(=O)O)NCC1(C)CCOCC1. The highest BCUT2D eigenvalue weighted by atomic mass is 16.5. The number of rotatable bonds is 6. The zero-order chi connectivity index (χ0) is 12.0. The van der Waals surface area contributed by atoms with Crippen LogP contribution in [0.15, 0.2) is 0 Å². The standard InChI is InChI=1S/C12H23NO3/c1-10(3-4-11(14)15)13-9-12(2)5-7-16-8-6-12/h10,13H,3-9H2,1-2H3,(H,14,15). The first kappa shape index (κ1) is 13.5. The van der Waals surface area contributed by atoms with E-state index in [1.807, 2.05) is 6.92 Å². The maximum Gasteiger partial charge on any atom is 0.303 e. The Bertz CT molecular complexity index is 224. The summed E-state index contributed by atoms with van der Waals surface area (Å²) in [6.45, 7) is 6.97. The summed E-state index contributed by atoms with van der Waals surface area (Å²) < 4.78 is 5.35. The van der Waals surface area contributed by atoms with Crippen molar-refractivity contribution in [3.63, 3.8) is 0 Å². The number of ether oxygens (including phenoxy) is 1. The van der Waals surface area contributed by atoms with Gasteiger partial charge in [-0.05, 0) is 31.6 Å². The molecule has 4 heteroatoms. The molecule has 94 valence electrons. The van der Waals surface area contributed by atoms with Gasteiger partial charge in [-0.3, -0.25) is 4.79 Å². The van der Waals surface area contributed by atoms with Crippen molar-refractivity contribution >= 4 is 5.97 Å². The first-order valence-electron chi connectivity index (χ1n) is 6.05. The van der Waals surface area contributed by atoms with Crippen LogP contribution < -0.4 is 5.32 Å². The van der Waals surface area contributed by atoms with Crippen LogP contribution in [0.3, 0.4) is 0 Å². The summed E-state index contributed by atoms with van der Waals surface area (Å²) in [5.41, 5.74) is 0.315. The van der Waals surface area contributed by atoms with Crippen LogP contribution >= 0.6 is 0 Å². The van der Waals surface area contributed by atoms with Gasteiger partial charge in [0.2, 0.25) is 0 Å². The van der Waals surface area contributed by atoms with E-state index in [9.17, 15) is 4.79 Å². The fraction of sp³-hybridized carbons (Fsp3) is 0.917. The highest BCUT2D eigenvalue weighted by molar-refractivity contribution is 5.66. The Morgan fingerprint density at radius 1 is 1.50 bits per heavy atom. The van der Waals surface area contributed by atoms with Crippen LogP contribution in [0.4, 0.5) is 0 Å². The van der Waals surface area contributed by atoms with Crippen molar-refractivity contribution in [1.29, 1.82) is 0 Å². The maximum absolute atomic E-state index is 10.4. The number of carbonyl (C=O) groups is 1. The van der Waals surface area contributed by atoms with E-state index >= 15 is 0 Å². The van der Waals surface area contributed by atoms with Gasteiger partial charge in [0.25, 0.3) is 0 Å². The number of hydrogen-bond acceptors (Lipinski definition) is 3. The van der Waals surface area contributed by atoms with Gasteiger partial charge in [0, 0.05) is 32.2 Å². The van der Waals surface area contributed by atoms with Crippen molar-refractivity contribution in [1.82, 2.24) is 5.32 Å². The number of hydrogen-bond donors (Lipinski definition) is 2. The quantitative estimate of drug-likeness (QED) is 0.727. The van der Waals surface area contributed by atoms with Gasteiger partial charge >= 0.3 is 5.97 Å². The van der Waals surface area contributed by atoms with Gasteiger partial charge in [0.15, 0.2) is 0 Å². The predicted octanol–water partition coefficient (Wildman–Crippen LogP) is 1.65. The van der Waals surface area contributed by atoms with Crippen LogP contribution in [-0.4, -0.2) is 36.9 Å². The van der Waals surface area contributed by atoms with Gasteiger partial charge in [-0.25, -0.2) is 0 Å². The number of carboxylic acid groups (broad SMARTS) is 1. The van der Waals surface area contributed by atoms with E-state index in [-0.39, 0.29) is 12.5 Å². The van der Waals surface area contributed by atoms with Crippen molar-refractivity contribution in [2.24, 2.45) is 5.41 Å². The second-order valence-electron chi connectivity index (χ2n) is 5.14. The Balaban J connectivity index is 2.19. The minimum absolute atomic E-state index is 0.244. The molecule has 0 aromatic heterocycles. The fourth-order valence-corrected chi connectivity index (χ4v) is 1.90. The van der Waals surface area contributed by atoms with Crippen LogP contribution in [0.25, 0.3) is 0 Å². The monoisotopic (exact) mass is 229 g/mol. The van der Waals surface area contributed by atoms with E-state index in [4.69, 9.17) is 9.84 Å². The molecule has 0 spiro atoms. The Labute approximate surface area is 97.4 Å². The molecule has 0 bridgehead atoms. The van der Waals surface area contributed by atoms with Crippen LogP contribution in [0.2, 0.25) is 0 Å². The molecule has 1 aliphatic rings. The maximum atomic E-state index is 10.4. The predicted molar refractivity (Wildman–Crippen MR) is 62.5 cm³/mol. The lowest BCUT2D eigenvalue weighted by molar-refractivity contribution is -0.137. The molecule has 0 aromatic carbocycles. The molecule has 0 aromatic rings. The molecular weight excluding hydrogens is 206 g/mol. The van der Waals surface area contributed by atoms with Gasteiger partial charge in [-0.2, -0.15) is 0 Å². The zero-order valence-electron chi connectivity index (χ0n) is 10.3. The van der Waals surface area contributed by atoms with Crippen LogP contribution in [0.5, 0.6) is 0 Å². The van der Waals surface area contributed by atoms with E-state index in [1.54, 1.807) is 0 Å². The third-order valence-corrected chi connectivity index (χ3v) is 3.37. The van der Waals surface area contributed by atoms with Crippen LogP contribution in [0, 0.1) is 5.41 Å². The van der Waals surface area contributed by atoms with Gasteiger partial charge in [0.05, 0.1) is 0 Å². The van der Waals surface area contributed by atoms with Crippen LogP contribution in [0.1, 0.15) is 39.5 Å². The van der Waals surface area contributed by atoms with E-state index in [2.05, 4.69) is 12.2 Å². The van der Waals surface area contributed by atoms with Crippen molar-refractivity contribution in [3.8, 4) is 0 Å². The lowest BCUT2D eigenvalue weighted by atomic mass is 9.82. The van der Waals surface area contributed by atoms with Gasteiger partial charge in [-0.1, -0.05) is 6.92 Å². The summed E-state index contributed by atoms with van der Waals surface area (Å²) in [5, 5.41) is 12.0. The summed E-state index contributed by atoms with van der Waals surface area (Å²) in [6.07, 6.45) is 3.12. The molecule has 1 unspecified atom stereocenters. The third kappa shape index (κ3) is 4.94. The molecule has 1 saturated heterocycles. The minimum Gasteiger partial charge on any atom is -0.481 e. The average molecular weight is 229 g/mol. The van der Waals surface area contributed by atoms with E-state index in [0.717, 1.165) is 32.6 Å². The Morgan fingerprint density at radius 2 is 2.12 bits per heavy atom. The molecule has 1 heterocycles. The number of carboxylic acids is 1. The molecule has 1 atom stereocenters. The highest BCUT2D eigenvalue weighted by Gasteiger charge is 2.27. The summed E-state index contributed by atoms with van der Waals surface area (Å²) in [7, 11) is 0. The molecule has 16 heavy (non-hydrogen) atoms. The van der Waals surface area contributed by atoms with E-state index in [0.29, 0.717) is 11.8 Å². The first-order chi connectivity index (χ1) is 7.52. The van der Waals surface area contributed by atoms with Gasteiger partial charge in [-0.15, -0.1) is 0 Å². The second-order valence-corrected chi connectivity index (χ2v) is 5.14. The smallest absolute Gasteiger partial charge is 0.303 e. The normalized spacial score (nSPS) is 21.6. The molecule has 2 N–H and O–H groups in total. The lowest BCUT2D eigenvalue weighted by Gasteiger charge is -2.34. The Morgan fingerprint density at radius 3 is 2.69 bits per heavy atom. The molecule has 1 rings (SSSR count). The summed E-state index contributed by atoms with van der Waals surface area (Å²) in [5.74, 6) is -0.717. The number of aliphatic carboxylic acids is 1. The van der Waals surface area contributed by atoms with Crippen LogP contribution in [-0.2, 0) is 9.53 Å². The molecule has 0 saturated carbocycles. The third-order valence-electron chi connectivity index (χ3n) is 3.37. The molecular formula is C12H23NO3. The van der Waals surface area contributed by atoms with Crippen molar-refractivity contribution in [2.45, 2.75) is 45.6 Å². The van der Waals surface area contributed by atoms with E-state index < -0.39 is 5.97 Å². The van der Waals surface area contributed by atoms with Crippen molar-refractivity contribution < 1.29 is 14.6 Å². The Hall–Kier alpha value is -0.610. The van der Waals surface area contributed by atoms with Crippen molar-refractivity contribution in [3.05, 3.63) is 0 Å². The average Bonchev–Trinajstić information content (AvgIpc) is 2.25. The number of nitrogens with one attached hydrogen (secondary N) is 1. The highest BCUT2D eigenvalue weighted by Crippen LogP contribution is 2.28. The summed E-state index contributed by atoms with van der Waals surface area (Å²) in [6, 6.07) is 0.274. The van der Waals surface area contributed by atoms with E-state index in [1.165, 1.54) is 0 Å². The molecule has 0 amide bonds. The lowest BCUT2D eigenvalue weighted by Crippen LogP contribution is -2.40. The molecule has 0 aliphatic carbocycles. The molecule has 1 fully saturated rings. The summed E-state index contributed by atoms with van der Waals surface area (Å²) >= 11 is 0. The molecule has 4 nitrogen and oxygen atoms in total. The Kier molecular flexibility index (Phi) is 5.22. The topological polar surface area (TPSA) is 58.6 Å². The van der Waals surface area contributed by atoms with Gasteiger partial charge in [0.1, 0.15) is 0 Å². The first-order valence-corrected chi connectivity index (χ1v) is 6.05. The largest absolute Gasteiger partial charge is 0.481 e. The van der Waals surface area contributed by atoms with Crippen molar-refractivity contribution in [2.75, 3.05) is 19.8 Å². The fourth-order valence-electron chi connectivity index (χ4n) is 1.90. The minimum atomic E-state index is -0.717.